The van der Waals surface area contributed by atoms with E-state index in [9.17, 15) is 0 Å². The van der Waals surface area contributed by atoms with Crippen LogP contribution in [0.5, 0.6) is 5.88 Å². The fourth-order valence-corrected chi connectivity index (χ4v) is 1.09. The van der Waals surface area contributed by atoms with Gasteiger partial charge in [0.25, 0.3) is 0 Å². The van der Waals surface area contributed by atoms with Crippen molar-refractivity contribution in [3.8, 4) is 5.88 Å². The highest BCUT2D eigenvalue weighted by atomic mass is 16.5. The Labute approximate surface area is 90.0 Å². The third kappa shape index (κ3) is 3.23. The van der Waals surface area contributed by atoms with Gasteiger partial charge in [0.05, 0.1) is 12.2 Å². The Balaban J connectivity index is 2.92. The zero-order chi connectivity index (χ0) is 11.4. The minimum atomic E-state index is -0.0127. The van der Waals surface area contributed by atoms with Crippen LogP contribution in [0.3, 0.4) is 0 Å². The van der Waals surface area contributed by atoms with Gasteiger partial charge in [-0.2, -0.15) is 0 Å². The van der Waals surface area contributed by atoms with E-state index in [2.05, 4.69) is 18.8 Å². The molecule has 0 atom stereocenters. The number of aryl methyl sites for hydroxylation is 1. The van der Waals surface area contributed by atoms with Crippen molar-refractivity contribution >= 4 is 5.84 Å². The van der Waals surface area contributed by atoms with Crippen molar-refractivity contribution < 1.29 is 4.74 Å². The lowest BCUT2D eigenvalue weighted by Gasteiger charge is -2.11. The summed E-state index contributed by atoms with van der Waals surface area (Å²) in [6.45, 7) is 6.58. The summed E-state index contributed by atoms with van der Waals surface area (Å²) in [6, 6.07) is 3.58. The molecule has 0 saturated heterocycles. The first-order valence-electron chi connectivity index (χ1n) is 4.95. The van der Waals surface area contributed by atoms with Gasteiger partial charge in [0.1, 0.15) is 5.84 Å². The molecular weight excluding hydrogens is 190 g/mol. The molecule has 0 aliphatic heterocycles. The fraction of sp³-hybridized carbons (Fsp3) is 0.455. The van der Waals surface area contributed by atoms with Gasteiger partial charge < -0.3 is 10.5 Å². The van der Waals surface area contributed by atoms with Gasteiger partial charge in [0.2, 0.25) is 5.88 Å². The van der Waals surface area contributed by atoms with Crippen molar-refractivity contribution in [3.63, 3.8) is 0 Å². The molecule has 4 nitrogen and oxygen atoms in total. The first-order valence-corrected chi connectivity index (χ1v) is 4.95. The van der Waals surface area contributed by atoms with Crippen LogP contribution in [0, 0.1) is 18.3 Å². The van der Waals surface area contributed by atoms with Crippen molar-refractivity contribution in [1.29, 1.82) is 5.41 Å². The number of pyridine rings is 1. The predicted octanol–water partition coefficient (Wildman–Crippen LogP) is 1.71. The summed E-state index contributed by atoms with van der Waals surface area (Å²) in [5.74, 6) is 0.865. The molecule has 0 saturated carbocycles. The maximum atomic E-state index is 7.39. The van der Waals surface area contributed by atoms with E-state index in [0.717, 1.165) is 5.69 Å². The average Bonchev–Trinajstić information content (AvgIpc) is 2.14. The second-order valence-corrected chi connectivity index (χ2v) is 3.92. The van der Waals surface area contributed by atoms with E-state index < -0.39 is 0 Å². The Morgan fingerprint density at radius 3 is 2.73 bits per heavy atom. The number of nitrogens with two attached hydrogens (primary N) is 1. The molecule has 0 aromatic carbocycles. The van der Waals surface area contributed by atoms with Crippen molar-refractivity contribution in [2.24, 2.45) is 11.7 Å². The quantitative estimate of drug-likeness (QED) is 0.583. The zero-order valence-corrected chi connectivity index (χ0v) is 9.37. The zero-order valence-electron chi connectivity index (χ0n) is 9.37. The van der Waals surface area contributed by atoms with Crippen LogP contribution in [0.4, 0.5) is 0 Å². The molecule has 0 unspecified atom stereocenters. The first kappa shape index (κ1) is 11.5. The first-order chi connectivity index (χ1) is 7.00. The summed E-state index contributed by atoms with van der Waals surface area (Å²) >= 11 is 0. The van der Waals surface area contributed by atoms with Gasteiger partial charge in [-0.1, -0.05) is 13.8 Å². The van der Waals surface area contributed by atoms with E-state index in [1.807, 2.05) is 13.0 Å². The second kappa shape index (κ2) is 4.77. The molecular formula is C11H17N3O. The number of ether oxygens (including phenoxy) is 1. The van der Waals surface area contributed by atoms with E-state index in [1.165, 1.54) is 0 Å². The minimum Gasteiger partial charge on any atom is -0.477 e. The number of hydrogen-bond acceptors (Lipinski definition) is 3. The Morgan fingerprint density at radius 1 is 1.53 bits per heavy atom. The van der Waals surface area contributed by atoms with Gasteiger partial charge in [0, 0.05) is 5.69 Å². The second-order valence-electron chi connectivity index (χ2n) is 3.92. The van der Waals surface area contributed by atoms with Crippen LogP contribution in [0.15, 0.2) is 12.1 Å². The average molecular weight is 207 g/mol. The summed E-state index contributed by atoms with van der Waals surface area (Å²) in [6.07, 6.45) is 0. The van der Waals surface area contributed by atoms with Gasteiger partial charge in [-0.05, 0) is 25.0 Å². The summed E-state index contributed by atoms with van der Waals surface area (Å²) in [5.41, 5.74) is 6.85. The predicted molar refractivity (Wildman–Crippen MR) is 60.3 cm³/mol. The highest BCUT2D eigenvalue weighted by Gasteiger charge is 2.09. The van der Waals surface area contributed by atoms with Crippen LogP contribution in [0.25, 0.3) is 0 Å². The monoisotopic (exact) mass is 207 g/mol. The SMILES string of the molecule is Cc1ccc(C(=N)N)c(OCC(C)C)n1. The lowest BCUT2D eigenvalue weighted by Crippen LogP contribution is -2.16. The third-order valence-corrected chi connectivity index (χ3v) is 1.84. The van der Waals surface area contributed by atoms with Gasteiger partial charge in [0.15, 0.2) is 0 Å². The van der Waals surface area contributed by atoms with E-state index >= 15 is 0 Å². The number of aromatic nitrogens is 1. The Morgan fingerprint density at radius 2 is 2.20 bits per heavy atom. The molecule has 0 aliphatic carbocycles. The van der Waals surface area contributed by atoms with E-state index in [-0.39, 0.29) is 5.84 Å². The minimum absolute atomic E-state index is 0.0127. The number of nitrogen functional groups attached to an aromatic ring is 1. The van der Waals surface area contributed by atoms with Gasteiger partial charge >= 0.3 is 0 Å². The standard InChI is InChI=1S/C11H17N3O/c1-7(2)6-15-11-9(10(12)13)5-4-8(3)14-11/h4-5,7H,6H2,1-3H3,(H3,12,13). The topological polar surface area (TPSA) is 72.0 Å². The molecule has 3 N–H and O–H groups in total. The smallest absolute Gasteiger partial charge is 0.224 e. The molecule has 82 valence electrons. The normalized spacial score (nSPS) is 10.4. The summed E-state index contributed by atoms with van der Waals surface area (Å²) in [5, 5.41) is 7.39. The molecule has 1 aromatic rings. The van der Waals surface area contributed by atoms with Crippen LogP contribution >= 0.6 is 0 Å². The maximum absolute atomic E-state index is 7.39. The van der Waals surface area contributed by atoms with E-state index in [1.54, 1.807) is 6.07 Å². The number of nitrogens with zero attached hydrogens (tertiary/aromatic N) is 1. The molecule has 0 aliphatic rings. The van der Waals surface area contributed by atoms with Crippen molar-refractivity contribution in [2.75, 3.05) is 6.61 Å². The van der Waals surface area contributed by atoms with Gasteiger partial charge in [-0.25, -0.2) is 4.98 Å². The molecule has 0 radical (unpaired) electrons. The Bertz CT molecular complexity index is 361. The lowest BCUT2D eigenvalue weighted by molar-refractivity contribution is 0.260. The molecule has 0 spiro atoms. The fourth-order valence-electron chi connectivity index (χ4n) is 1.09. The largest absolute Gasteiger partial charge is 0.477 e. The number of rotatable bonds is 4. The molecule has 0 amide bonds. The highest BCUT2D eigenvalue weighted by molar-refractivity contribution is 5.97. The number of nitrogens with one attached hydrogen (secondary N) is 1. The summed E-state index contributed by atoms with van der Waals surface area (Å²) in [4.78, 5) is 4.22. The van der Waals surface area contributed by atoms with Gasteiger partial charge in [-0.15, -0.1) is 0 Å². The van der Waals surface area contributed by atoms with Crippen molar-refractivity contribution in [1.82, 2.24) is 4.98 Å². The number of hydrogen-bond donors (Lipinski definition) is 2. The van der Waals surface area contributed by atoms with Crippen LogP contribution in [-0.2, 0) is 0 Å². The lowest BCUT2D eigenvalue weighted by atomic mass is 10.2. The Kier molecular flexibility index (Phi) is 3.66. The highest BCUT2D eigenvalue weighted by Crippen LogP contribution is 2.16. The molecule has 15 heavy (non-hydrogen) atoms. The van der Waals surface area contributed by atoms with Gasteiger partial charge in [-0.3, -0.25) is 5.41 Å². The van der Waals surface area contributed by atoms with E-state index in [0.29, 0.717) is 24.0 Å². The van der Waals surface area contributed by atoms with Crippen LogP contribution in [-0.4, -0.2) is 17.4 Å². The molecule has 0 fully saturated rings. The summed E-state index contributed by atoms with van der Waals surface area (Å²) < 4.78 is 5.51. The van der Waals surface area contributed by atoms with E-state index in [4.69, 9.17) is 15.9 Å². The molecule has 1 rings (SSSR count). The summed E-state index contributed by atoms with van der Waals surface area (Å²) in [7, 11) is 0. The molecule has 4 heteroatoms. The van der Waals surface area contributed by atoms with Crippen LogP contribution in [0.2, 0.25) is 0 Å². The van der Waals surface area contributed by atoms with Crippen LogP contribution < -0.4 is 10.5 Å². The Hall–Kier alpha value is -1.58. The maximum Gasteiger partial charge on any atom is 0.224 e. The van der Waals surface area contributed by atoms with Crippen LogP contribution in [0.1, 0.15) is 25.1 Å². The third-order valence-electron chi connectivity index (χ3n) is 1.84. The number of amidine groups is 1. The molecule has 1 heterocycles. The van der Waals surface area contributed by atoms with Crippen molar-refractivity contribution in [3.05, 3.63) is 23.4 Å². The molecule has 1 aromatic heterocycles. The van der Waals surface area contributed by atoms with Crippen molar-refractivity contribution in [2.45, 2.75) is 20.8 Å². The molecule has 0 bridgehead atoms.